The SMILES string of the molecule is CC(C)(C)C1CCc2c(sc3ncnc(SCCF)c23)C1. The minimum Gasteiger partial charge on any atom is -0.250 e. The molecule has 2 heterocycles. The number of rotatable bonds is 3. The van der Waals surface area contributed by atoms with Gasteiger partial charge in [0.1, 0.15) is 16.2 Å². The maximum atomic E-state index is 12.5. The molecule has 0 bridgehead atoms. The summed E-state index contributed by atoms with van der Waals surface area (Å²) in [6.45, 7) is 6.68. The molecule has 1 aliphatic carbocycles. The molecule has 0 saturated carbocycles. The van der Waals surface area contributed by atoms with Crippen molar-refractivity contribution in [3.63, 3.8) is 0 Å². The van der Waals surface area contributed by atoms with Crippen molar-refractivity contribution in [3.05, 3.63) is 16.8 Å². The zero-order valence-corrected chi connectivity index (χ0v) is 14.4. The van der Waals surface area contributed by atoms with E-state index < -0.39 is 0 Å². The van der Waals surface area contributed by atoms with Crippen LogP contribution in [0, 0.1) is 11.3 Å². The number of aryl methyl sites for hydroxylation is 1. The van der Waals surface area contributed by atoms with Crippen LogP contribution >= 0.6 is 23.1 Å². The van der Waals surface area contributed by atoms with Crippen molar-refractivity contribution in [1.29, 1.82) is 0 Å². The summed E-state index contributed by atoms with van der Waals surface area (Å²) in [5.74, 6) is 1.20. The van der Waals surface area contributed by atoms with E-state index in [1.165, 1.54) is 34.0 Å². The van der Waals surface area contributed by atoms with Crippen molar-refractivity contribution in [3.8, 4) is 0 Å². The number of thiophene rings is 1. The van der Waals surface area contributed by atoms with Crippen LogP contribution < -0.4 is 0 Å². The van der Waals surface area contributed by atoms with Crippen LogP contribution in [0.2, 0.25) is 0 Å². The average molecular weight is 324 g/mol. The fourth-order valence-corrected chi connectivity index (χ4v) is 5.15. The highest BCUT2D eigenvalue weighted by Gasteiger charge is 2.31. The summed E-state index contributed by atoms with van der Waals surface area (Å²) in [6.07, 6.45) is 5.09. The summed E-state index contributed by atoms with van der Waals surface area (Å²) in [4.78, 5) is 11.4. The highest BCUT2D eigenvalue weighted by atomic mass is 32.2. The molecule has 1 unspecified atom stereocenters. The standard InChI is InChI=1S/C16H21FN2S2/c1-16(2,3)10-4-5-11-12(8-10)21-15-13(11)14(18-9-19-15)20-7-6-17/h9-10H,4-8H2,1-3H3. The second-order valence-electron chi connectivity index (χ2n) is 6.71. The molecule has 5 heteroatoms. The predicted octanol–water partition coefficient (Wildman–Crippen LogP) is 4.90. The van der Waals surface area contributed by atoms with Gasteiger partial charge in [-0.25, -0.2) is 9.97 Å². The van der Waals surface area contributed by atoms with Gasteiger partial charge in [-0.15, -0.1) is 23.1 Å². The summed E-state index contributed by atoms with van der Waals surface area (Å²) >= 11 is 3.32. The lowest BCUT2D eigenvalue weighted by atomic mass is 9.72. The first-order chi connectivity index (χ1) is 10.0. The van der Waals surface area contributed by atoms with Gasteiger partial charge in [0.2, 0.25) is 0 Å². The van der Waals surface area contributed by atoms with E-state index in [0.717, 1.165) is 28.6 Å². The van der Waals surface area contributed by atoms with E-state index in [1.807, 2.05) is 11.3 Å². The van der Waals surface area contributed by atoms with E-state index in [2.05, 4.69) is 30.7 Å². The van der Waals surface area contributed by atoms with Crippen LogP contribution in [0.1, 0.15) is 37.6 Å². The molecular formula is C16H21FN2S2. The van der Waals surface area contributed by atoms with Crippen LogP contribution in [0.4, 0.5) is 4.39 Å². The summed E-state index contributed by atoms with van der Waals surface area (Å²) in [5.41, 5.74) is 1.78. The smallest absolute Gasteiger partial charge is 0.128 e. The molecule has 21 heavy (non-hydrogen) atoms. The maximum absolute atomic E-state index is 12.5. The Balaban J connectivity index is 2.00. The van der Waals surface area contributed by atoms with Gasteiger partial charge in [-0.2, -0.15) is 0 Å². The van der Waals surface area contributed by atoms with Gasteiger partial charge in [-0.1, -0.05) is 20.8 Å². The molecule has 3 rings (SSSR count). The van der Waals surface area contributed by atoms with Crippen molar-refractivity contribution in [1.82, 2.24) is 9.97 Å². The third kappa shape index (κ3) is 2.95. The molecule has 0 spiro atoms. The third-order valence-corrected chi connectivity index (χ3v) is 6.45. The topological polar surface area (TPSA) is 25.8 Å². The van der Waals surface area contributed by atoms with E-state index in [4.69, 9.17) is 0 Å². The maximum Gasteiger partial charge on any atom is 0.128 e. The molecule has 0 fully saturated rings. The van der Waals surface area contributed by atoms with Gasteiger partial charge >= 0.3 is 0 Å². The van der Waals surface area contributed by atoms with Crippen molar-refractivity contribution >= 4 is 33.3 Å². The molecular weight excluding hydrogens is 303 g/mol. The number of fused-ring (bicyclic) bond motifs is 3. The molecule has 2 nitrogen and oxygen atoms in total. The zero-order chi connectivity index (χ0) is 15.0. The second-order valence-corrected chi connectivity index (χ2v) is 8.87. The number of aromatic nitrogens is 2. The van der Waals surface area contributed by atoms with E-state index in [0.29, 0.717) is 11.2 Å². The normalized spacial score (nSPS) is 19.0. The molecule has 0 aliphatic heterocycles. The van der Waals surface area contributed by atoms with Gasteiger partial charge in [-0.3, -0.25) is 4.39 Å². The van der Waals surface area contributed by atoms with Crippen LogP contribution in [-0.4, -0.2) is 22.4 Å². The summed E-state index contributed by atoms with van der Waals surface area (Å²) in [5, 5.41) is 2.16. The summed E-state index contributed by atoms with van der Waals surface area (Å²) in [6, 6.07) is 0. The lowest BCUT2D eigenvalue weighted by Gasteiger charge is -2.33. The molecule has 1 atom stereocenters. The van der Waals surface area contributed by atoms with Crippen LogP contribution in [0.3, 0.4) is 0 Å². The van der Waals surface area contributed by atoms with Crippen LogP contribution in [0.25, 0.3) is 10.2 Å². The second kappa shape index (κ2) is 5.84. The quantitative estimate of drug-likeness (QED) is 0.593. The molecule has 114 valence electrons. The first kappa shape index (κ1) is 15.2. The first-order valence-electron chi connectivity index (χ1n) is 7.44. The van der Waals surface area contributed by atoms with Gasteiger partial charge in [-0.05, 0) is 36.2 Å². The van der Waals surface area contributed by atoms with Crippen LogP contribution in [0.5, 0.6) is 0 Å². The number of halogens is 1. The predicted molar refractivity (Wildman–Crippen MR) is 89.1 cm³/mol. The Bertz CT molecular complexity index is 645. The Morgan fingerprint density at radius 3 is 2.90 bits per heavy atom. The fraction of sp³-hybridized carbons (Fsp3) is 0.625. The monoisotopic (exact) mass is 324 g/mol. The van der Waals surface area contributed by atoms with E-state index in [9.17, 15) is 4.39 Å². The van der Waals surface area contributed by atoms with Crippen molar-refractivity contribution in [2.75, 3.05) is 12.4 Å². The Morgan fingerprint density at radius 2 is 2.19 bits per heavy atom. The highest BCUT2D eigenvalue weighted by molar-refractivity contribution is 7.99. The van der Waals surface area contributed by atoms with Gasteiger partial charge in [0.15, 0.2) is 0 Å². The van der Waals surface area contributed by atoms with Gasteiger partial charge in [0.05, 0.1) is 6.67 Å². The van der Waals surface area contributed by atoms with Gasteiger partial charge in [0, 0.05) is 16.0 Å². The van der Waals surface area contributed by atoms with Crippen molar-refractivity contribution in [2.45, 2.75) is 45.1 Å². The largest absolute Gasteiger partial charge is 0.250 e. The number of nitrogens with zero attached hydrogens (tertiary/aromatic N) is 2. The van der Waals surface area contributed by atoms with E-state index in [1.54, 1.807) is 6.33 Å². The first-order valence-corrected chi connectivity index (χ1v) is 9.25. The number of hydrogen-bond donors (Lipinski definition) is 0. The molecule has 2 aromatic heterocycles. The van der Waals surface area contributed by atoms with Crippen LogP contribution in [-0.2, 0) is 12.8 Å². The molecule has 2 aromatic rings. The molecule has 0 amide bonds. The Kier molecular flexibility index (Phi) is 4.23. The molecule has 0 radical (unpaired) electrons. The lowest BCUT2D eigenvalue weighted by Crippen LogP contribution is -2.26. The fourth-order valence-electron chi connectivity index (χ4n) is 3.07. The van der Waals surface area contributed by atoms with E-state index in [-0.39, 0.29) is 6.67 Å². The summed E-state index contributed by atoms with van der Waals surface area (Å²) in [7, 11) is 0. The third-order valence-electron chi connectivity index (χ3n) is 4.35. The minimum atomic E-state index is -0.311. The Morgan fingerprint density at radius 1 is 1.38 bits per heavy atom. The van der Waals surface area contributed by atoms with Gasteiger partial charge in [0.25, 0.3) is 0 Å². The molecule has 0 aromatic carbocycles. The van der Waals surface area contributed by atoms with Gasteiger partial charge < -0.3 is 0 Å². The zero-order valence-electron chi connectivity index (χ0n) is 12.8. The minimum absolute atomic E-state index is 0.311. The number of alkyl halides is 1. The van der Waals surface area contributed by atoms with Crippen molar-refractivity contribution in [2.24, 2.45) is 11.3 Å². The van der Waals surface area contributed by atoms with Crippen LogP contribution in [0.15, 0.2) is 11.4 Å². The van der Waals surface area contributed by atoms with E-state index >= 15 is 0 Å². The average Bonchev–Trinajstić information content (AvgIpc) is 2.82. The molecule has 0 saturated heterocycles. The number of hydrogen-bond acceptors (Lipinski definition) is 4. The lowest BCUT2D eigenvalue weighted by molar-refractivity contribution is 0.218. The Hall–Kier alpha value is -0.680. The van der Waals surface area contributed by atoms with Crippen molar-refractivity contribution < 1.29 is 4.39 Å². The molecule has 0 N–H and O–H groups in total. The summed E-state index contributed by atoms with van der Waals surface area (Å²) < 4.78 is 12.5. The number of thioether (sulfide) groups is 1. The highest BCUT2D eigenvalue weighted by Crippen LogP contribution is 2.44. The molecule has 1 aliphatic rings. The Labute approximate surface area is 133 Å².